The predicted molar refractivity (Wildman–Crippen MR) is 72.0 cm³/mol. The van der Waals surface area contributed by atoms with Crippen molar-refractivity contribution in [2.45, 2.75) is 6.92 Å². The number of ketones is 1. The van der Waals surface area contributed by atoms with Gasteiger partial charge in [-0.1, -0.05) is 12.1 Å². The number of nitrogens with two attached hydrogens (primary N) is 1. The van der Waals surface area contributed by atoms with E-state index in [1.165, 1.54) is 0 Å². The zero-order chi connectivity index (χ0) is 13.1. The number of aryl methyl sites for hydroxylation is 1. The number of ether oxygens (including phenoxy) is 1. The van der Waals surface area contributed by atoms with Crippen LogP contribution in [0.3, 0.4) is 0 Å². The summed E-state index contributed by atoms with van der Waals surface area (Å²) in [6.07, 6.45) is 0. The normalized spacial score (nSPS) is 10.1. The Balaban J connectivity index is 2.32. The summed E-state index contributed by atoms with van der Waals surface area (Å²) in [4.78, 5) is 12.2. The average molecular weight is 241 g/mol. The lowest BCUT2D eigenvalue weighted by atomic mass is 10.0. The predicted octanol–water partition coefficient (Wildman–Crippen LogP) is 2.82. The maximum absolute atomic E-state index is 12.2. The third kappa shape index (κ3) is 2.35. The van der Waals surface area contributed by atoms with Gasteiger partial charge in [0.05, 0.1) is 7.11 Å². The molecule has 2 rings (SSSR count). The number of rotatable bonds is 3. The second-order valence-electron chi connectivity index (χ2n) is 4.13. The Kier molecular flexibility index (Phi) is 3.33. The molecule has 2 aromatic rings. The Morgan fingerprint density at radius 3 is 2.22 bits per heavy atom. The summed E-state index contributed by atoms with van der Waals surface area (Å²) in [5.74, 6) is 0.694. The lowest BCUT2D eigenvalue weighted by Crippen LogP contribution is -2.02. The number of benzene rings is 2. The Hall–Kier alpha value is -2.29. The minimum Gasteiger partial charge on any atom is -0.497 e. The highest BCUT2D eigenvalue weighted by Gasteiger charge is 2.09. The third-order valence-corrected chi connectivity index (χ3v) is 2.89. The number of methoxy groups -OCH3 is 1. The van der Waals surface area contributed by atoms with Crippen LogP contribution in [-0.2, 0) is 0 Å². The average Bonchev–Trinajstić information content (AvgIpc) is 2.41. The van der Waals surface area contributed by atoms with Crippen molar-refractivity contribution >= 4 is 11.5 Å². The molecule has 0 aliphatic carbocycles. The first kappa shape index (κ1) is 12.2. The summed E-state index contributed by atoms with van der Waals surface area (Å²) in [6.45, 7) is 1.91. The highest BCUT2D eigenvalue weighted by molar-refractivity contribution is 6.09. The second-order valence-corrected chi connectivity index (χ2v) is 4.13. The van der Waals surface area contributed by atoms with Crippen molar-refractivity contribution < 1.29 is 9.53 Å². The quantitative estimate of drug-likeness (QED) is 0.664. The van der Waals surface area contributed by atoms with E-state index in [0.29, 0.717) is 16.8 Å². The van der Waals surface area contributed by atoms with E-state index in [4.69, 9.17) is 10.5 Å². The van der Waals surface area contributed by atoms with Gasteiger partial charge in [0.1, 0.15) is 5.75 Å². The summed E-state index contributed by atoms with van der Waals surface area (Å²) >= 11 is 0. The lowest BCUT2D eigenvalue weighted by molar-refractivity contribution is 0.103. The van der Waals surface area contributed by atoms with Gasteiger partial charge in [-0.25, -0.2) is 0 Å². The molecule has 0 aliphatic heterocycles. The van der Waals surface area contributed by atoms with Crippen LogP contribution in [0.5, 0.6) is 5.75 Å². The Morgan fingerprint density at radius 1 is 1.06 bits per heavy atom. The van der Waals surface area contributed by atoms with E-state index in [1.807, 2.05) is 13.0 Å². The molecule has 0 aromatic heterocycles. The zero-order valence-corrected chi connectivity index (χ0v) is 10.4. The van der Waals surface area contributed by atoms with E-state index in [2.05, 4.69) is 0 Å². The number of hydrogen-bond acceptors (Lipinski definition) is 3. The van der Waals surface area contributed by atoms with Crippen LogP contribution in [0.25, 0.3) is 0 Å². The first-order valence-corrected chi connectivity index (χ1v) is 5.66. The van der Waals surface area contributed by atoms with Crippen molar-refractivity contribution in [3.05, 3.63) is 59.2 Å². The lowest BCUT2D eigenvalue weighted by Gasteiger charge is -2.05. The summed E-state index contributed by atoms with van der Waals surface area (Å²) in [5, 5.41) is 0. The fourth-order valence-corrected chi connectivity index (χ4v) is 1.69. The summed E-state index contributed by atoms with van der Waals surface area (Å²) < 4.78 is 5.06. The van der Waals surface area contributed by atoms with Gasteiger partial charge in [0.25, 0.3) is 0 Å². The van der Waals surface area contributed by atoms with Crippen LogP contribution in [0.1, 0.15) is 21.5 Å². The zero-order valence-electron chi connectivity index (χ0n) is 10.4. The van der Waals surface area contributed by atoms with Crippen molar-refractivity contribution in [3.63, 3.8) is 0 Å². The number of nitrogen functional groups attached to an aromatic ring is 1. The molecule has 0 radical (unpaired) electrons. The van der Waals surface area contributed by atoms with Crippen molar-refractivity contribution in [1.29, 1.82) is 0 Å². The first-order valence-electron chi connectivity index (χ1n) is 5.66. The summed E-state index contributed by atoms with van der Waals surface area (Å²) in [7, 11) is 1.59. The van der Waals surface area contributed by atoms with Gasteiger partial charge in [-0.3, -0.25) is 4.79 Å². The molecule has 0 atom stereocenters. The molecule has 0 fully saturated rings. The minimum absolute atomic E-state index is 0.0376. The van der Waals surface area contributed by atoms with Gasteiger partial charge in [0, 0.05) is 16.8 Å². The molecule has 0 saturated heterocycles. The number of anilines is 1. The van der Waals surface area contributed by atoms with Crippen molar-refractivity contribution in [3.8, 4) is 5.75 Å². The van der Waals surface area contributed by atoms with Gasteiger partial charge in [-0.15, -0.1) is 0 Å². The van der Waals surface area contributed by atoms with Gasteiger partial charge in [0.15, 0.2) is 5.78 Å². The van der Waals surface area contributed by atoms with Crippen molar-refractivity contribution in [2.24, 2.45) is 0 Å². The molecule has 0 unspecified atom stereocenters. The molecule has 0 amide bonds. The molecule has 0 aliphatic rings. The molecule has 0 saturated carbocycles. The number of carbonyl (C=O) groups is 1. The molecule has 3 nitrogen and oxygen atoms in total. The van der Waals surface area contributed by atoms with Gasteiger partial charge in [-0.2, -0.15) is 0 Å². The molecule has 18 heavy (non-hydrogen) atoms. The molecular weight excluding hydrogens is 226 g/mol. The first-order chi connectivity index (χ1) is 8.61. The summed E-state index contributed by atoms with van der Waals surface area (Å²) in [5.41, 5.74) is 8.64. The SMILES string of the molecule is COc1ccc(C(=O)c2ccc(C)c(N)c2)cc1. The van der Waals surface area contributed by atoms with Crippen molar-refractivity contribution in [1.82, 2.24) is 0 Å². The maximum Gasteiger partial charge on any atom is 0.193 e. The Bertz CT molecular complexity index is 574. The minimum atomic E-state index is -0.0376. The van der Waals surface area contributed by atoms with Crippen molar-refractivity contribution in [2.75, 3.05) is 12.8 Å². The summed E-state index contributed by atoms with van der Waals surface area (Å²) in [6, 6.07) is 12.4. The highest BCUT2D eigenvalue weighted by Crippen LogP contribution is 2.18. The van der Waals surface area contributed by atoms with Crippen LogP contribution in [0.2, 0.25) is 0 Å². The van der Waals surface area contributed by atoms with Gasteiger partial charge in [-0.05, 0) is 42.8 Å². The van der Waals surface area contributed by atoms with Crippen LogP contribution >= 0.6 is 0 Å². The van der Waals surface area contributed by atoms with Crippen LogP contribution in [0.4, 0.5) is 5.69 Å². The largest absolute Gasteiger partial charge is 0.497 e. The topological polar surface area (TPSA) is 52.3 Å². The number of carbonyl (C=O) groups excluding carboxylic acids is 1. The molecule has 92 valence electrons. The fourth-order valence-electron chi connectivity index (χ4n) is 1.69. The smallest absolute Gasteiger partial charge is 0.193 e. The van der Waals surface area contributed by atoms with Crippen LogP contribution in [-0.4, -0.2) is 12.9 Å². The maximum atomic E-state index is 12.2. The van der Waals surface area contributed by atoms with Crippen LogP contribution in [0.15, 0.2) is 42.5 Å². The molecule has 0 heterocycles. The van der Waals surface area contributed by atoms with Gasteiger partial charge >= 0.3 is 0 Å². The van der Waals surface area contributed by atoms with Gasteiger partial charge < -0.3 is 10.5 Å². The highest BCUT2D eigenvalue weighted by atomic mass is 16.5. The van der Waals surface area contributed by atoms with E-state index < -0.39 is 0 Å². The molecular formula is C15H15NO2. The van der Waals surface area contributed by atoms with E-state index in [1.54, 1.807) is 43.5 Å². The van der Waals surface area contributed by atoms with E-state index >= 15 is 0 Å². The van der Waals surface area contributed by atoms with E-state index in [0.717, 1.165) is 11.3 Å². The molecule has 0 bridgehead atoms. The fraction of sp³-hybridized carbons (Fsp3) is 0.133. The monoisotopic (exact) mass is 241 g/mol. The van der Waals surface area contributed by atoms with E-state index in [-0.39, 0.29) is 5.78 Å². The number of hydrogen-bond donors (Lipinski definition) is 1. The van der Waals surface area contributed by atoms with Gasteiger partial charge in [0.2, 0.25) is 0 Å². The molecule has 0 spiro atoms. The molecule has 2 aromatic carbocycles. The Labute approximate surface area is 106 Å². The van der Waals surface area contributed by atoms with Crippen LogP contribution < -0.4 is 10.5 Å². The van der Waals surface area contributed by atoms with E-state index in [9.17, 15) is 4.79 Å². The molecule has 3 heteroatoms. The second kappa shape index (κ2) is 4.92. The third-order valence-electron chi connectivity index (χ3n) is 2.89. The Morgan fingerprint density at radius 2 is 1.67 bits per heavy atom. The van der Waals surface area contributed by atoms with Crippen LogP contribution in [0, 0.1) is 6.92 Å². The molecule has 2 N–H and O–H groups in total. The standard InChI is InChI=1S/C15H15NO2/c1-10-3-4-12(9-14(10)16)15(17)11-5-7-13(18-2)8-6-11/h3-9H,16H2,1-2H3.